The lowest BCUT2D eigenvalue weighted by Gasteiger charge is -2.27. The van der Waals surface area contributed by atoms with E-state index in [1.54, 1.807) is 53.2 Å². The van der Waals surface area contributed by atoms with Crippen molar-refractivity contribution in [1.29, 1.82) is 0 Å². The van der Waals surface area contributed by atoms with Gasteiger partial charge in [0.1, 0.15) is 11.6 Å². The largest absolute Gasteiger partial charge is 0.507 e. The molecule has 64 heavy (non-hydrogen) atoms. The van der Waals surface area contributed by atoms with Crippen molar-refractivity contribution >= 4 is 11.0 Å². The summed E-state index contributed by atoms with van der Waals surface area (Å²) in [6, 6.07) is 36.7. The molecule has 0 amide bonds. The first-order valence-corrected chi connectivity index (χ1v) is 21.5. The van der Waals surface area contributed by atoms with Crippen LogP contribution in [0.4, 0.5) is 0 Å². The van der Waals surface area contributed by atoms with E-state index in [-0.39, 0.29) is 33.8 Å². The molecule has 0 saturated carbocycles. The van der Waals surface area contributed by atoms with Crippen LogP contribution in [0.15, 0.2) is 134 Å². The molecule has 0 aliphatic rings. The lowest BCUT2D eigenvalue weighted by molar-refractivity contribution is 0.446. The fourth-order valence-corrected chi connectivity index (χ4v) is 8.23. The Bertz CT molecular complexity index is 3560. The Morgan fingerprint density at radius 1 is 0.516 bits per heavy atom. The summed E-state index contributed by atoms with van der Waals surface area (Å²) < 4.78 is 128. The van der Waals surface area contributed by atoms with Crippen LogP contribution in [0, 0.1) is 13.7 Å². The average molecular weight is 859 g/mol. The SMILES string of the molecule is [2H]C([2H])([2H])c1cc(-n2c(-c3cc(C(C)(C)C)cc(C(C)(C)C)c3O)nc3c(-c4cc(-c5cc(-c6ccc(C(C([2H])([2H])[2H])(C([2H])([2H])[2H])C([2H])([2H])[2H])cc6)ccn5)cc(C(C)(C)C)c4)cccc32)cc(-c2ccccc2)c1C([2H])([2H])[2H]. The number of fused-ring (bicyclic) bond motifs is 1. The number of benzene rings is 6. The summed E-state index contributed by atoms with van der Waals surface area (Å²) >= 11 is 0. The van der Waals surface area contributed by atoms with Crippen molar-refractivity contribution in [2.24, 2.45) is 0 Å². The molecule has 0 aliphatic heterocycles. The predicted octanol–water partition coefficient (Wildman–Crippen LogP) is 16.3. The smallest absolute Gasteiger partial charge is 0.149 e. The highest BCUT2D eigenvalue weighted by Gasteiger charge is 2.29. The zero-order chi connectivity index (χ0) is 58.6. The Balaban J connectivity index is 1.41. The molecule has 8 aromatic rings. The number of para-hydroxylation sites is 1. The number of phenols is 1. The number of hydrogen-bond acceptors (Lipinski definition) is 3. The monoisotopic (exact) mass is 859 g/mol. The Morgan fingerprint density at radius 2 is 1.22 bits per heavy atom. The van der Waals surface area contributed by atoms with Crippen LogP contribution in [0.25, 0.3) is 72.7 Å². The van der Waals surface area contributed by atoms with Gasteiger partial charge in [0.05, 0.1) is 22.3 Å². The fourth-order valence-electron chi connectivity index (χ4n) is 8.23. The van der Waals surface area contributed by atoms with Gasteiger partial charge in [0.15, 0.2) is 0 Å². The molecule has 0 spiro atoms. The number of hydrogen-bond donors (Lipinski definition) is 1. The second kappa shape index (κ2) is 16.1. The van der Waals surface area contributed by atoms with E-state index in [9.17, 15) is 5.11 Å². The van der Waals surface area contributed by atoms with Gasteiger partial charge in [0.25, 0.3) is 0 Å². The van der Waals surface area contributed by atoms with Crippen LogP contribution >= 0.6 is 0 Å². The van der Waals surface area contributed by atoms with Crippen LogP contribution in [-0.2, 0) is 21.7 Å². The van der Waals surface area contributed by atoms with Gasteiger partial charge < -0.3 is 5.11 Å². The third-order valence-corrected chi connectivity index (χ3v) is 12.0. The quantitative estimate of drug-likeness (QED) is 0.181. The Labute approximate surface area is 403 Å². The van der Waals surface area contributed by atoms with E-state index in [0.29, 0.717) is 61.4 Å². The second-order valence-corrected chi connectivity index (χ2v) is 20.0. The van der Waals surface area contributed by atoms with Crippen molar-refractivity contribution < 1.29 is 25.7 Å². The third kappa shape index (κ3) is 8.55. The van der Waals surface area contributed by atoms with Crippen LogP contribution in [0.1, 0.15) is 137 Å². The van der Waals surface area contributed by atoms with E-state index in [1.165, 1.54) is 30.3 Å². The van der Waals surface area contributed by atoms with Gasteiger partial charge in [0.2, 0.25) is 0 Å². The maximum absolute atomic E-state index is 12.6. The Kier molecular flexibility index (Phi) is 7.34. The summed E-state index contributed by atoms with van der Waals surface area (Å²) in [5.41, 5.74) is 3.31. The summed E-state index contributed by atoms with van der Waals surface area (Å²) in [4.78, 5) is 10.3. The maximum atomic E-state index is 12.6. The van der Waals surface area contributed by atoms with Gasteiger partial charge in [0, 0.05) is 49.1 Å². The second-order valence-electron chi connectivity index (χ2n) is 20.0. The zero-order valence-electron chi connectivity index (χ0n) is 53.0. The number of pyridine rings is 1. The summed E-state index contributed by atoms with van der Waals surface area (Å²) in [5, 5.41) is 12.6. The van der Waals surface area contributed by atoms with Gasteiger partial charge in [-0.15, -0.1) is 0 Å². The van der Waals surface area contributed by atoms with Crippen LogP contribution in [0.3, 0.4) is 0 Å². The van der Waals surface area contributed by atoms with E-state index < -0.39 is 55.9 Å². The molecule has 4 nitrogen and oxygen atoms in total. The lowest BCUT2D eigenvalue weighted by atomic mass is 9.79. The van der Waals surface area contributed by atoms with Crippen molar-refractivity contribution in [1.82, 2.24) is 14.5 Å². The van der Waals surface area contributed by atoms with Crippen LogP contribution < -0.4 is 0 Å². The molecule has 1 N–H and O–H groups in total. The van der Waals surface area contributed by atoms with Crippen molar-refractivity contribution in [2.45, 2.75) is 118 Å². The number of aromatic hydroxyl groups is 1. The highest BCUT2D eigenvalue weighted by molar-refractivity contribution is 5.97. The molecule has 0 bridgehead atoms. The summed E-state index contributed by atoms with van der Waals surface area (Å²) in [5.74, 6) is 0.274. The molecule has 0 radical (unpaired) electrons. The van der Waals surface area contributed by atoms with E-state index in [1.807, 2.05) is 69.3 Å². The molecule has 326 valence electrons. The van der Waals surface area contributed by atoms with E-state index in [4.69, 9.17) is 30.5 Å². The van der Waals surface area contributed by atoms with Crippen LogP contribution in [0.2, 0.25) is 0 Å². The van der Waals surface area contributed by atoms with Gasteiger partial charge in [-0.1, -0.05) is 162 Å². The molecule has 8 rings (SSSR count). The molecular formula is C60H65N3O. The standard InChI is InChI=1S/C60H65N3O/c1-37-29-47(36-49(38(37)2)40-19-16-15-17-20-40)63-53-22-18-21-48(54(53)62-56(63)50-34-46(59(9,10)11)35-51(55(50)64)60(12,13)14)42-30-43(32-45(31-42)58(6,7)8)52-33-41(27-28-61-52)39-23-25-44(26-24-39)57(3,4)5/h15-36,64H,1-14H3/i1D3,2D3,3D3,4D3,5D3. The Morgan fingerprint density at radius 3 is 1.88 bits per heavy atom. The first-order valence-electron chi connectivity index (χ1n) is 29.0. The third-order valence-electron chi connectivity index (χ3n) is 12.0. The molecule has 0 unspecified atom stereocenters. The molecule has 0 aliphatic carbocycles. The summed E-state index contributed by atoms with van der Waals surface area (Å²) in [6.45, 7) is 2.60. The van der Waals surface area contributed by atoms with Crippen LogP contribution in [0.5, 0.6) is 5.75 Å². The molecule has 2 aromatic heterocycles. The molecular weight excluding hydrogens is 779 g/mol. The van der Waals surface area contributed by atoms with Crippen molar-refractivity contribution in [2.75, 3.05) is 0 Å². The average Bonchev–Trinajstić information content (AvgIpc) is 3.89. The molecule has 0 atom stereocenters. The number of aromatic nitrogens is 3. The number of rotatable bonds is 6. The van der Waals surface area contributed by atoms with Crippen molar-refractivity contribution in [3.05, 3.63) is 167 Å². The van der Waals surface area contributed by atoms with Gasteiger partial charge in [-0.25, -0.2) is 4.98 Å². The highest BCUT2D eigenvalue weighted by Crippen LogP contribution is 2.45. The number of aryl methyl sites for hydroxylation is 1. The minimum absolute atomic E-state index is 0.0131. The minimum Gasteiger partial charge on any atom is -0.507 e. The summed E-state index contributed by atoms with van der Waals surface area (Å²) in [6.07, 6.45) is 1.62. The fraction of sp³-hybridized carbons (Fsp3) is 0.300. The van der Waals surface area contributed by atoms with E-state index in [2.05, 4.69) is 47.6 Å². The lowest BCUT2D eigenvalue weighted by Crippen LogP contribution is -2.17. The van der Waals surface area contributed by atoms with Gasteiger partial charge in [-0.05, 0) is 140 Å². The maximum Gasteiger partial charge on any atom is 0.149 e. The molecule has 2 heterocycles. The molecule has 6 aromatic carbocycles. The first-order chi connectivity index (χ1) is 36.2. The zero-order valence-corrected chi connectivity index (χ0v) is 38.0. The Hall–Kier alpha value is -6.26. The minimum atomic E-state index is -3.41. The number of nitrogens with zero attached hydrogens (tertiary/aromatic N) is 3. The van der Waals surface area contributed by atoms with Crippen LogP contribution in [-0.4, -0.2) is 19.6 Å². The molecule has 4 heteroatoms. The number of imidazole rings is 1. The van der Waals surface area contributed by atoms with Gasteiger partial charge in [-0.2, -0.15) is 0 Å². The number of phenolic OH excluding ortho intramolecular Hbond substituents is 1. The van der Waals surface area contributed by atoms with E-state index >= 15 is 0 Å². The van der Waals surface area contributed by atoms with Crippen molar-refractivity contribution in [3.8, 4) is 67.5 Å². The topological polar surface area (TPSA) is 50.9 Å². The normalized spacial score (nSPS) is 17.0. The van der Waals surface area contributed by atoms with Gasteiger partial charge in [-0.3, -0.25) is 9.55 Å². The predicted molar refractivity (Wildman–Crippen MR) is 272 cm³/mol. The van der Waals surface area contributed by atoms with Gasteiger partial charge >= 0.3 is 0 Å². The summed E-state index contributed by atoms with van der Waals surface area (Å²) in [7, 11) is 0. The highest BCUT2D eigenvalue weighted by atomic mass is 16.3. The molecule has 0 fully saturated rings. The first kappa shape index (κ1) is 29.2. The van der Waals surface area contributed by atoms with E-state index in [0.717, 1.165) is 16.7 Å². The van der Waals surface area contributed by atoms with Crippen molar-refractivity contribution in [3.63, 3.8) is 0 Å². The molecule has 0 saturated heterocycles.